The third-order valence-electron chi connectivity index (χ3n) is 2.17. The van der Waals surface area contributed by atoms with Crippen molar-refractivity contribution in [3.63, 3.8) is 0 Å². The van der Waals surface area contributed by atoms with Crippen LogP contribution in [0.2, 0.25) is 0 Å². The van der Waals surface area contributed by atoms with E-state index in [0.29, 0.717) is 24.0 Å². The second kappa shape index (κ2) is 4.88. The van der Waals surface area contributed by atoms with Crippen LogP contribution in [-0.4, -0.2) is 15.1 Å². The van der Waals surface area contributed by atoms with Crippen molar-refractivity contribution in [2.24, 2.45) is 5.73 Å². The highest BCUT2D eigenvalue weighted by molar-refractivity contribution is 9.11. The average Bonchev–Trinajstić information content (AvgIpc) is 3.07. The van der Waals surface area contributed by atoms with Gasteiger partial charge in [0.05, 0.1) is 8.66 Å². The van der Waals surface area contributed by atoms with Crippen molar-refractivity contribution in [2.75, 3.05) is 0 Å². The van der Waals surface area contributed by atoms with Crippen molar-refractivity contribution < 1.29 is 4.52 Å². The number of hydrogen-bond acceptors (Lipinski definition) is 7. The lowest BCUT2D eigenvalue weighted by Crippen LogP contribution is -1.94. The maximum absolute atomic E-state index is 5.52. The number of thiazole rings is 1. The molecule has 3 heterocycles. The van der Waals surface area contributed by atoms with Gasteiger partial charge in [0.25, 0.3) is 5.89 Å². The lowest BCUT2D eigenvalue weighted by atomic mass is 10.4. The first kappa shape index (κ1) is 12.0. The van der Waals surface area contributed by atoms with E-state index < -0.39 is 0 Å². The molecule has 0 bridgehead atoms. The minimum absolute atomic E-state index is 0.420. The van der Waals surface area contributed by atoms with E-state index in [2.05, 4.69) is 31.1 Å². The molecule has 0 atom stereocenters. The minimum Gasteiger partial charge on any atom is -0.332 e. The smallest absolute Gasteiger partial charge is 0.277 e. The van der Waals surface area contributed by atoms with E-state index in [4.69, 9.17) is 10.3 Å². The number of rotatable bonds is 3. The van der Waals surface area contributed by atoms with E-state index in [0.717, 1.165) is 13.7 Å². The number of nitrogens with zero attached hydrogens (tertiary/aromatic N) is 3. The van der Waals surface area contributed by atoms with Gasteiger partial charge in [-0.1, -0.05) is 5.16 Å². The minimum atomic E-state index is 0.420. The Hall–Kier alpha value is -1.09. The quantitative estimate of drug-likeness (QED) is 0.790. The van der Waals surface area contributed by atoms with Crippen molar-refractivity contribution in [2.45, 2.75) is 6.54 Å². The summed E-state index contributed by atoms with van der Waals surface area (Å²) in [6, 6.07) is 3.89. The molecule has 0 saturated carbocycles. The summed E-state index contributed by atoms with van der Waals surface area (Å²) in [6.07, 6.45) is 0. The van der Waals surface area contributed by atoms with Gasteiger partial charge in [-0.2, -0.15) is 4.98 Å². The predicted octanol–water partition coefficient (Wildman–Crippen LogP) is 3.14. The zero-order valence-electron chi connectivity index (χ0n) is 8.96. The van der Waals surface area contributed by atoms with Gasteiger partial charge in [-0.25, -0.2) is 4.98 Å². The van der Waals surface area contributed by atoms with Gasteiger partial charge in [-0.05, 0) is 28.1 Å². The molecule has 0 saturated heterocycles. The maximum Gasteiger partial charge on any atom is 0.277 e. The SMILES string of the molecule is NCc1nc(-c2nc(-c3ccc(Br)s3)no2)cs1. The van der Waals surface area contributed by atoms with Crippen LogP contribution in [0.5, 0.6) is 0 Å². The number of nitrogens with two attached hydrogens (primary N) is 1. The normalized spacial score (nSPS) is 11.0. The van der Waals surface area contributed by atoms with Gasteiger partial charge in [-0.3, -0.25) is 0 Å². The Morgan fingerprint density at radius 3 is 2.89 bits per heavy atom. The molecular formula is C10H7BrN4OS2. The number of hydrogen-bond donors (Lipinski definition) is 1. The monoisotopic (exact) mass is 342 g/mol. The van der Waals surface area contributed by atoms with E-state index in [-0.39, 0.29) is 0 Å². The van der Waals surface area contributed by atoms with Gasteiger partial charge in [0.1, 0.15) is 10.7 Å². The number of thiophene rings is 1. The fourth-order valence-corrected chi connectivity index (χ4v) is 3.33. The van der Waals surface area contributed by atoms with Gasteiger partial charge in [0.2, 0.25) is 5.82 Å². The summed E-state index contributed by atoms with van der Waals surface area (Å²) in [5.74, 6) is 0.994. The van der Waals surface area contributed by atoms with Crippen molar-refractivity contribution >= 4 is 38.6 Å². The molecule has 8 heteroatoms. The fraction of sp³-hybridized carbons (Fsp3) is 0.100. The molecule has 3 aromatic rings. The van der Waals surface area contributed by atoms with E-state index in [1.165, 1.54) is 11.3 Å². The summed E-state index contributed by atoms with van der Waals surface area (Å²) in [5, 5.41) is 6.66. The lowest BCUT2D eigenvalue weighted by Gasteiger charge is -1.85. The van der Waals surface area contributed by atoms with Crippen LogP contribution in [-0.2, 0) is 6.54 Å². The van der Waals surface area contributed by atoms with Crippen LogP contribution in [0.3, 0.4) is 0 Å². The predicted molar refractivity (Wildman–Crippen MR) is 74.3 cm³/mol. The molecular weight excluding hydrogens is 336 g/mol. The summed E-state index contributed by atoms with van der Waals surface area (Å²) >= 11 is 6.44. The van der Waals surface area contributed by atoms with Crippen LogP contribution < -0.4 is 5.73 Å². The molecule has 18 heavy (non-hydrogen) atoms. The Kier molecular flexibility index (Phi) is 3.25. The topological polar surface area (TPSA) is 77.8 Å². The Bertz CT molecular complexity index is 675. The molecule has 0 fully saturated rings. The van der Waals surface area contributed by atoms with Crippen LogP contribution >= 0.6 is 38.6 Å². The highest BCUT2D eigenvalue weighted by Crippen LogP contribution is 2.30. The van der Waals surface area contributed by atoms with E-state index in [1.54, 1.807) is 11.3 Å². The zero-order valence-corrected chi connectivity index (χ0v) is 12.2. The van der Waals surface area contributed by atoms with Crippen molar-refractivity contribution in [3.8, 4) is 22.3 Å². The average molecular weight is 343 g/mol. The van der Waals surface area contributed by atoms with Crippen LogP contribution in [0.15, 0.2) is 25.8 Å². The summed E-state index contributed by atoms with van der Waals surface area (Å²) in [5.41, 5.74) is 6.19. The van der Waals surface area contributed by atoms with Crippen molar-refractivity contribution in [3.05, 3.63) is 26.3 Å². The van der Waals surface area contributed by atoms with E-state index >= 15 is 0 Å². The second-order valence-corrected chi connectivity index (χ2v) is 6.76. The first-order valence-corrected chi connectivity index (χ1v) is 7.49. The molecule has 3 aromatic heterocycles. The van der Waals surface area contributed by atoms with Gasteiger partial charge in [0.15, 0.2) is 0 Å². The third kappa shape index (κ3) is 2.24. The molecule has 0 aliphatic heterocycles. The van der Waals surface area contributed by atoms with Gasteiger partial charge >= 0.3 is 0 Å². The Labute approximate surface area is 119 Å². The highest BCUT2D eigenvalue weighted by Gasteiger charge is 2.14. The van der Waals surface area contributed by atoms with Gasteiger partial charge < -0.3 is 10.3 Å². The largest absolute Gasteiger partial charge is 0.332 e. The number of aromatic nitrogens is 3. The molecule has 0 aromatic carbocycles. The summed E-state index contributed by atoms with van der Waals surface area (Å²) in [6.45, 7) is 0.420. The summed E-state index contributed by atoms with van der Waals surface area (Å²) < 4.78 is 6.24. The zero-order chi connectivity index (χ0) is 12.5. The molecule has 0 aliphatic carbocycles. The van der Waals surface area contributed by atoms with Crippen molar-refractivity contribution in [1.29, 1.82) is 0 Å². The van der Waals surface area contributed by atoms with Crippen LogP contribution in [0.1, 0.15) is 5.01 Å². The lowest BCUT2D eigenvalue weighted by molar-refractivity contribution is 0.431. The van der Waals surface area contributed by atoms with Crippen LogP contribution in [0.4, 0.5) is 0 Å². The highest BCUT2D eigenvalue weighted by atomic mass is 79.9. The molecule has 0 amide bonds. The second-order valence-electron chi connectivity index (χ2n) is 3.36. The molecule has 0 spiro atoms. The van der Waals surface area contributed by atoms with Crippen molar-refractivity contribution in [1.82, 2.24) is 15.1 Å². The Morgan fingerprint density at radius 1 is 1.33 bits per heavy atom. The Morgan fingerprint density at radius 2 is 2.22 bits per heavy atom. The van der Waals surface area contributed by atoms with E-state index in [1.807, 2.05) is 17.5 Å². The fourth-order valence-electron chi connectivity index (χ4n) is 1.36. The maximum atomic E-state index is 5.52. The molecule has 0 unspecified atom stereocenters. The molecule has 0 radical (unpaired) electrons. The summed E-state index contributed by atoms with van der Waals surface area (Å²) in [7, 11) is 0. The molecule has 92 valence electrons. The third-order valence-corrected chi connectivity index (χ3v) is 4.66. The first-order chi connectivity index (χ1) is 8.76. The molecule has 3 rings (SSSR count). The van der Waals surface area contributed by atoms with Gasteiger partial charge in [-0.15, -0.1) is 22.7 Å². The molecule has 2 N–H and O–H groups in total. The number of halogens is 1. The van der Waals surface area contributed by atoms with Crippen LogP contribution in [0, 0.1) is 0 Å². The van der Waals surface area contributed by atoms with Gasteiger partial charge in [0, 0.05) is 11.9 Å². The van der Waals surface area contributed by atoms with E-state index in [9.17, 15) is 0 Å². The Balaban J connectivity index is 1.93. The molecule has 5 nitrogen and oxygen atoms in total. The first-order valence-electron chi connectivity index (χ1n) is 5.00. The standard InChI is InChI=1S/C10H7BrN4OS2/c11-7-2-1-6(18-7)9-14-10(16-15-9)5-4-17-8(3-12)13-5/h1-2,4H,3,12H2. The molecule has 0 aliphatic rings. The summed E-state index contributed by atoms with van der Waals surface area (Å²) in [4.78, 5) is 9.58. The van der Waals surface area contributed by atoms with Crippen LogP contribution in [0.25, 0.3) is 22.3 Å².